The summed E-state index contributed by atoms with van der Waals surface area (Å²) in [6, 6.07) is 7.03. The number of ether oxygens (including phenoxy) is 1. The summed E-state index contributed by atoms with van der Waals surface area (Å²) in [4.78, 5) is 4.13. The van der Waals surface area contributed by atoms with E-state index in [0.717, 1.165) is 18.5 Å². The van der Waals surface area contributed by atoms with Crippen molar-refractivity contribution in [2.45, 2.75) is 45.5 Å². The van der Waals surface area contributed by atoms with Crippen molar-refractivity contribution in [3.05, 3.63) is 41.8 Å². The number of halogens is 4. The Bertz CT molecular complexity index is 729. The van der Waals surface area contributed by atoms with Crippen molar-refractivity contribution in [2.75, 3.05) is 5.32 Å². The Labute approximate surface area is 172 Å². The number of nitrogens with two attached hydrogens (primary N) is 1. The number of anilines is 1. The van der Waals surface area contributed by atoms with E-state index in [1.807, 2.05) is 6.07 Å². The van der Waals surface area contributed by atoms with E-state index in [-0.39, 0.29) is 42.2 Å². The third-order valence-electron chi connectivity index (χ3n) is 3.75. The minimum atomic E-state index is -4.72. The molecule has 0 unspecified atom stereocenters. The van der Waals surface area contributed by atoms with Crippen LogP contribution in [0.5, 0.6) is 5.75 Å². The highest BCUT2D eigenvalue weighted by Gasteiger charge is 2.30. The number of alkyl halides is 3. The number of rotatable bonds is 7. The van der Waals surface area contributed by atoms with Crippen molar-refractivity contribution in [3.63, 3.8) is 0 Å². The summed E-state index contributed by atoms with van der Waals surface area (Å²) in [6.07, 6.45) is -2.77. The van der Waals surface area contributed by atoms with Crippen LogP contribution < -0.4 is 15.8 Å². The highest BCUT2D eigenvalue weighted by atomic mass is 127. The van der Waals surface area contributed by atoms with Crippen LogP contribution >= 0.6 is 24.0 Å². The largest absolute Gasteiger partial charge is 0.573 e. The second kappa shape index (κ2) is 10.4. The predicted octanol–water partition coefficient (Wildman–Crippen LogP) is 5.02. The van der Waals surface area contributed by atoms with Crippen LogP contribution in [0.25, 0.3) is 0 Å². The van der Waals surface area contributed by atoms with Crippen LogP contribution in [0.4, 0.5) is 18.9 Å². The maximum Gasteiger partial charge on any atom is 0.573 e. The van der Waals surface area contributed by atoms with Gasteiger partial charge in [0.1, 0.15) is 12.3 Å². The van der Waals surface area contributed by atoms with E-state index in [4.69, 9.17) is 10.3 Å². The number of hydrogen-bond acceptors (Lipinski definition) is 4. The zero-order chi connectivity index (χ0) is 19.2. The van der Waals surface area contributed by atoms with Crippen LogP contribution in [0.1, 0.15) is 44.1 Å². The van der Waals surface area contributed by atoms with Gasteiger partial charge in [-0.05, 0) is 37.1 Å². The molecular weight excluding hydrogens is 476 g/mol. The van der Waals surface area contributed by atoms with E-state index in [2.05, 4.69) is 34.1 Å². The first-order valence-corrected chi connectivity index (χ1v) is 8.19. The molecule has 2 rings (SSSR count). The molecule has 6 nitrogen and oxygen atoms in total. The zero-order valence-electron chi connectivity index (χ0n) is 14.9. The minimum Gasteiger partial charge on any atom is -0.406 e. The third-order valence-corrected chi connectivity index (χ3v) is 3.75. The molecule has 1 aromatic heterocycles. The number of guanidine groups is 1. The highest BCUT2D eigenvalue weighted by molar-refractivity contribution is 14.0. The van der Waals surface area contributed by atoms with E-state index in [9.17, 15) is 13.2 Å². The van der Waals surface area contributed by atoms with E-state index in [1.54, 1.807) is 0 Å². The van der Waals surface area contributed by atoms with Crippen molar-refractivity contribution in [1.82, 2.24) is 5.16 Å². The second-order valence-corrected chi connectivity index (χ2v) is 5.63. The van der Waals surface area contributed by atoms with Crippen LogP contribution in [-0.4, -0.2) is 17.5 Å². The summed E-state index contributed by atoms with van der Waals surface area (Å²) >= 11 is 0. The van der Waals surface area contributed by atoms with Gasteiger partial charge in [-0.1, -0.05) is 19.0 Å². The summed E-state index contributed by atoms with van der Waals surface area (Å²) < 4.78 is 45.4. The molecule has 0 aliphatic rings. The maximum atomic E-state index is 12.1. The lowest BCUT2D eigenvalue weighted by Gasteiger charge is -2.10. The topological polar surface area (TPSA) is 85.7 Å². The van der Waals surface area contributed by atoms with Crippen molar-refractivity contribution in [1.29, 1.82) is 0 Å². The number of benzene rings is 1. The van der Waals surface area contributed by atoms with E-state index < -0.39 is 6.36 Å². The number of nitrogens with one attached hydrogen (secondary N) is 1. The van der Waals surface area contributed by atoms with Crippen LogP contribution in [0, 0.1) is 0 Å². The summed E-state index contributed by atoms with van der Waals surface area (Å²) in [6.45, 7) is 4.39. The molecule has 0 fully saturated rings. The van der Waals surface area contributed by atoms with Gasteiger partial charge >= 0.3 is 6.36 Å². The van der Waals surface area contributed by atoms with Gasteiger partial charge in [0.15, 0.2) is 11.7 Å². The Hall–Kier alpha value is -1.98. The van der Waals surface area contributed by atoms with E-state index >= 15 is 0 Å². The van der Waals surface area contributed by atoms with Gasteiger partial charge in [0.05, 0.1) is 5.69 Å². The van der Waals surface area contributed by atoms with Crippen molar-refractivity contribution < 1.29 is 22.4 Å². The number of nitrogens with zero attached hydrogens (tertiary/aromatic N) is 2. The summed E-state index contributed by atoms with van der Waals surface area (Å²) in [7, 11) is 0. The first-order valence-electron chi connectivity index (χ1n) is 8.19. The lowest BCUT2D eigenvalue weighted by molar-refractivity contribution is -0.274. The Morgan fingerprint density at radius 3 is 2.44 bits per heavy atom. The van der Waals surface area contributed by atoms with Crippen molar-refractivity contribution >= 4 is 35.6 Å². The molecule has 0 bridgehead atoms. The Morgan fingerprint density at radius 2 is 1.89 bits per heavy atom. The quantitative estimate of drug-likeness (QED) is 0.318. The molecule has 1 aromatic carbocycles. The Kier molecular flexibility index (Phi) is 8.86. The van der Waals surface area contributed by atoms with Crippen LogP contribution in [0.15, 0.2) is 39.8 Å². The SMILES string of the molecule is CCC(CC)c1cc(CN=C(N)Nc2ccc(OC(F)(F)F)cc2)on1.I. The first kappa shape index (κ1) is 23.1. The Balaban J connectivity index is 0.00000364. The molecule has 150 valence electrons. The fraction of sp³-hybridized carbons (Fsp3) is 0.412. The molecule has 3 N–H and O–H groups in total. The van der Waals surface area contributed by atoms with E-state index in [1.165, 1.54) is 24.3 Å². The van der Waals surface area contributed by atoms with Gasteiger partial charge in [-0.25, -0.2) is 4.99 Å². The molecule has 0 atom stereocenters. The first-order chi connectivity index (χ1) is 12.3. The van der Waals surface area contributed by atoms with Crippen LogP contribution in [0.3, 0.4) is 0 Å². The molecule has 0 spiro atoms. The molecule has 2 aromatic rings. The highest BCUT2D eigenvalue weighted by Crippen LogP contribution is 2.24. The smallest absolute Gasteiger partial charge is 0.406 e. The Morgan fingerprint density at radius 1 is 1.26 bits per heavy atom. The van der Waals surface area contributed by atoms with Crippen molar-refractivity contribution in [3.8, 4) is 5.75 Å². The second-order valence-electron chi connectivity index (χ2n) is 5.63. The molecule has 0 aliphatic heterocycles. The molecule has 0 saturated carbocycles. The van der Waals surface area contributed by atoms with Gasteiger partial charge in [0.2, 0.25) is 0 Å². The van der Waals surface area contributed by atoms with Crippen molar-refractivity contribution in [2.24, 2.45) is 10.7 Å². The lowest BCUT2D eigenvalue weighted by atomic mass is 9.99. The van der Waals surface area contributed by atoms with Crippen LogP contribution in [0.2, 0.25) is 0 Å². The summed E-state index contributed by atoms with van der Waals surface area (Å²) in [5.41, 5.74) is 7.16. The number of aromatic nitrogens is 1. The van der Waals surface area contributed by atoms with Gasteiger partial charge in [-0.3, -0.25) is 0 Å². The molecule has 27 heavy (non-hydrogen) atoms. The summed E-state index contributed by atoms with van der Waals surface area (Å²) in [5.74, 6) is 0.735. The third kappa shape index (κ3) is 7.65. The van der Waals surface area contributed by atoms with Gasteiger partial charge in [-0.15, -0.1) is 37.1 Å². The van der Waals surface area contributed by atoms with Crippen LogP contribution in [-0.2, 0) is 6.54 Å². The molecule has 0 aliphatic carbocycles. The van der Waals surface area contributed by atoms with Gasteiger partial charge in [0, 0.05) is 17.7 Å². The normalized spacial score (nSPS) is 12.0. The average Bonchev–Trinajstić information content (AvgIpc) is 3.03. The standard InChI is InChI=1S/C17H21F3N4O2.HI/c1-3-11(4-2)15-9-14(26-24-15)10-22-16(21)23-12-5-7-13(8-6-12)25-17(18,19)20;/h5-9,11H,3-4,10H2,1-2H3,(H3,21,22,23);1H. The zero-order valence-corrected chi connectivity index (χ0v) is 17.2. The lowest BCUT2D eigenvalue weighted by Crippen LogP contribution is -2.22. The molecule has 10 heteroatoms. The number of aliphatic imine (C=N–C) groups is 1. The molecular formula is C17H22F3IN4O2. The summed E-state index contributed by atoms with van der Waals surface area (Å²) in [5, 5.41) is 6.83. The molecule has 0 amide bonds. The van der Waals surface area contributed by atoms with E-state index in [0.29, 0.717) is 17.4 Å². The maximum absolute atomic E-state index is 12.1. The monoisotopic (exact) mass is 498 g/mol. The van der Waals surface area contributed by atoms with Gasteiger partial charge in [-0.2, -0.15) is 0 Å². The number of hydrogen-bond donors (Lipinski definition) is 2. The molecule has 1 heterocycles. The average molecular weight is 498 g/mol. The minimum absolute atomic E-state index is 0. The van der Waals surface area contributed by atoms with Gasteiger partial charge in [0.25, 0.3) is 0 Å². The fourth-order valence-corrected chi connectivity index (χ4v) is 2.39. The van der Waals surface area contributed by atoms with Gasteiger partial charge < -0.3 is 20.3 Å². The molecule has 0 radical (unpaired) electrons. The molecule has 0 saturated heterocycles. The fourth-order valence-electron chi connectivity index (χ4n) is 2.39. The predicted molar refractivity (Wildman–Crippen MR) is 107 cm³/mol.